The van der Waals surface area contributed by atoms with Gasteiger partial charge in [0, 0.05) is 6.07 Å². The van der Waals surface area contributed by atoms with Crippen molar-refractivity contribution >= 4 is 0 Å². The van der Waals surface area contributed by atoms with Crippen LogP contribution in [0.3, 0.4) is 0 Å². The Balaban J connectivity index is 2.27. The molecule has 0 amide bonds. The smallest absolute Gasteiger partial charge is 0.119 e. The summed E-state index contributed by atoms with van der Waals surface area (Å²) in [6, 6.07) is 4.99. The summed E-state index contributed by atoms with van der Waals surface area (Å²) in [4.78, 5) is 0. The highest BCUT2D eigenvalue weighted by molar-refractivity contribution is 5.40. The van der Waals surface area contributed by atoms with Gasteiger partial charge in [0.1, 0.15) is 11.5 Å². The molecule has 1 aromatic rings. The van der Waals surface area contributed by atoms with E-state index in [2.05, 4.69) is 13.8 Å². The number of aromatic hydroxyl groups is 2. The first-order chi connectivity index (χ1) is 8.50. The minimum Gasteiger partial charge on any atom is -0.508 e. The Morgan fingerprint density at radius 1 is 0.889 bits per heavy atom. The largest absolute Gasteiger partial charge is 0.508 e. The number of benzene rings is 1. The third-order valence-corrected chi connectivity index (χ3v) is 4.52. The highest BCUT2D eigenvalue weighted by atomic mass is 16.3. The zero-order chi connectivity index (χ0) is 13.2. The molecule has 0 bridgehead atoms. The van der Waals surface area contributed by atoms with Crippen LogP contribution in [0.5, 0.6) is 11.5 Å². The molecular formula is C16H24O2. The molecule has 1 fully saturated rings. The molecule has 1 aliphatic rings. The lowest BCUT2D eigenvalue weighted by Gasteiger charge is -2.34. The first-order valence-electron chi connectivity index (χ1n) is 7.03. The summed E-state index contributed by atoms with van der Waals surface area (Å²) in [5, 5.41) is 19.3. The number of phenols is 2. The van der Waals surface area contributed by atoms with E-state index in [0.717, 1.165) is 5.56 Å². The lowest BCUT2D eigenvalue weighted by Crippen LogP contribution is -2.28. The number of rotatable bonds is 2. The van der Waals surface area contributed by atoms with Crippen molar-refractivity contribution in [3.63, 3.8) is 0 Å². The molecule has 0 radical (unpaired) electrons. The van der Waals surface area contributed by atoms with Gasteiger partial charge in [-0.3, -0.25) is 0 Å². The molecule has 2 rings (SSSR count). The van der Waals surface area contributed by atoms with Crippen molar-refractivity contribution in [2.75, 3.05) is 0 Å². The van der Waals surface area contributed by atoms with Gasteiger partial charge in [-0.2, -0.15) is 0 Å². The lowest BCUT2D eigenvalue weighted by atomic mass is 9.70. The highest BCUT2D eigenvalue weighted by Gasteiger charge is 2.32. The Labute approximate surface area is 110 Å². The zero-order valence-electron chi connectivity index (χ0n) is 11.4. The van der Waals surface area contributed by atoms with Crippen molar-refractivity contribution < 1.29 is 10.2 Å². The molecule has 0 aliphatic heterocycles. The van der Waals surface area contributed by atoms with Crippen molar-refractivity contribution in [1.82, 2.24) is 0 Å². The standard InChI is InChI=1S/C16H24O2/c1-16(2,12-7-5-3-4-6-8-12)13-9-14(17)11-15(18)10-13/h9-12,17-18H,3-8H2,1-2H3. The molecular weight excluding hydrogens is 224 g/mol. The average molecular weight is 248 g/mol. The van der Waals surface area contributed by atoms with Gasteiger partial charge in [-0.05, 0) is 41.9 Å². The van der Waals surface area contributed by atoms with E-state index in [4.69, 9.17) is 0 Å². The van der Waals surface area contributed by atoms with Gasteiger partial charge in [-0.15, -0.1) is 0 Å². The van der Waals surface area contributed by atoms with Crippen LogP contribution >= 0.6 is 0 Å². The van der Waals surface area contributed by atoms with Crippen molar-refractivity contribution in [3.8, 4) is 11.5 Å². The second kappa shape index (κ2) is 5.21. The summed E-state index contributed by atoms with van der Waals surface area (Å²) in [5.41, 5.74) is 1.06. The van der Waals surface area contributed by atoms with Crippen molar-refractivity contribution in [2.45, 2.75) is 57.8 Å². The molecule has 2 N–H and O–H groups in total. The van der Waals surface area contributed by atoms with E-state index in [1.807, 2.05) is 0 Å². The van der Waals surface area contributed by atoms with Crippen LogP contribution in [0.25, 0.3) is 0 Å². The molecule has 2 nitrogen and oxygen atoms in total. The van der Waals surface area contributed by atoms with Crippen LogP contribution in [0, 0.1) is 5.92 Å². The summed E-state index contributed by atoms with van der Waals surface area (Å²) in [5.74, 6) is 0.958. The second-order valence-electron chi connectivity index (χ2n) is 6.15. The third kappa shape index (κ3) is 2.80. The van der Waals surface area contributed by atoms with E-state index in [0.29, 0.717) is 5.92 Å². The van der Waals surface area contributed by atoms with Gasteiger partial charge in [-0.25, -0.2) is 0 Å². The zero-order valence-corrected chi connectivity index (χ0v) is 11.4. The molecule has 1 aliphatic carbocycles. The van der Waals surface area contributed by atoms with E-state index in [1.54, 1.807) is 12.1 Å². The molecule has 0 unspecified atom stereocenters. The maximum atomic E-state index is 9.65. The van der Waals surface area contributed by atoms with E-state index in [-0.39, 0.29) is 16.9 Å². The summed E-state index contributed by atoms with van der Waals surface area (Å²) in [6.07, 6.45) is 7.81. The van der Waals surface area contributed by atoms with Crippen LogP contribution in [0.2, 0.25) is 0 Å². The molecule has 1 saturated carbocycles. The Bertz CT molecular complexity index is 381. The van der Waals surface area contributed by atoms with E-state index < -0.39 is 0 Å². The first-order valence-corrected chi connectivity index (χ1v) is 7.03. The molecule has 0 heterocycles. The van der Waals surface area contributed by atoms with Gasteiger partial charge in [0.25, 0.3) is 0 Å². The molecule has 2 heteroatoms. The van der Waals surface area contributed by atoms with Gasteiger partial charge in [-0.1, -0.05) is 39.5 Å². The fraction of sp³-hybridized carbons (Fsp3) is 0.625. The maximum Gasteiger partial charge on any atom is 0.119 e. The normalized spacial score (nSPS) is 18.6. The molecule has 100 valence electrons. The van der Waals surface area contributed by atoms with Crippen LogP contribution in [-0.4, -0.2) is 10.2 Å². The van der Waals surface area contributed by atoms with Crippen LogP contribution in [0.4, 0.5) is 0 Å². The van der Waals surface area contributed by atoms with Crippen LogP contribution in [0.1, 0.15) is 57.9 Å². The van der Waals surface area contributed by atoms with E-state index >= 15 is 0 Å². The van der Waals surface area contributed by atoms with Crippen molar-refractivity contribution in [3.05, 3.63) is 23.8 Å². The van der Waals surface area contributed by atoms with E-state index in [1.165, 1.54) is 44.6 Å². The van der Waals surface area contributed by atoms with Gasteiger partial charge in [0.05, 0.1) is 0 Å². The Kier molecular flexibility index (Phi) is 3.84. The van der Waals surface area contributed by atoms with Gasteiger partial charge >= 0.3 is 0 Å². The van der Waals surface area contributed by atoms with Gasteiger partial charge < -0.3 is 10.2 Å². The van der Waals surface area contributed by atoms with Gasteiger partial charge in [0.2, 0.25) is 0 Å². The second-order valence-corrected chi connectivity index (χ2v) is 6.15. The monoisotopic (exact) mass is 248 g/mol. The molecule has 0 aromatic heterocycles. The number of hydrogen-bond acceptors (Lipinski definition) is 2. The minimum atomic E-state index is 0.0144. The summed E-state index contributed by atoms with van der Waals surface area (Å²) < 4.78 is 0. The van der Waals surface area contributed by atoms with Gasteiger partial charge in [0.15, 0.2) is 0 Å². The molecule has 1 aromatic carbocycles. The lowest BCUT2D eigenvalue weighted by molar-refractivity contribution is 0.282. The number of phenolic OH excluding ortho intramolecular Hbond substituents is 2. The van der Waals surface area contributed by atoms with Crippen LogP contribution < -0.4 is 0 Å². The summed E-state index contributed by atoms with van der Waals surface area (Å²) in [6.45, 7) is 4.47. The maximum absolute atomic E-state index is 9.65. The molecule has 0 atom stereocenters. The van der Waals surface area contributed by atoms with E-state index in [9.17, 15) is 10.2 Å². The summed E-state index contributed by atoms with van der Waals surface area (Å²) >= 11 is 0. The Hall–Kier alpha value is -1.18. The van der Waals surface area contributed by atoms with Crippen molar-refractivity contribution in [1.29, 1.82) is 0 Å². The fourth-order valence-electron chi connectivity index (χ4n) is 3.20. The highest BCUT2D eigenvalue weighted by Crippen LogP contribution is 2.41. The SMILES string of the molecule is CC(C)(c1cc(O)cc(O)c1)C1CCCCCC1. The average Bonchev–Trinajstić information content (AvgIpc) is 2.56. The summed E-state index contributed by atoms with van der Waals surface area (Å²) in [7, 11) is 0. The minimum absolute atomic E-state index is 0.0144. The predicted octanol–water partition coefficient (Wildman–Crippen LogP) is 4.35. The molecule has 18 heavy (non-hydrogen) atoms. The van der Waals surface area contributed by atoms with Crippen LogP contribution in [-0.2, 0) is 5.41 Å². The van der Waals surface area contributed by atoms with Crippen molar-refractivity contribution in [2.24, 2.45) is 5.92 Å². The first kappa shape index (κ1) is 13.3. The molecule has 0 saturated heterocycles. The Morgan fingerprint density at radius 3 is 1.89 bits per heavy atom. The Morgan fingerprint density at radius 2 is 1.39 bits per heavy atom. The topological polar surface area (TPSA) is 40.5 Å². The third-order valence-electron chi connectivity index (χ3n) is 4.52. The predicted molar refractivity (Wildman–Crippen MR) is 74.0 cm³/mol. The quantitative estimate of drug-likeness (QED) is 0.764. The van der Waals surface area contributed by atoms with Crippen LogP contribution in [0.15, 0.2) is 18.2 Å². The fourth-order valence-corrected chi connectivity index (χ4v) is 3.20. The molecule has 0 spiro atoms. The number of hydrogen-bond donors (Lipinski definition) is 2.